The topological polar surface area (TPSA) is 109 Å². The van der Waals surface area contributed by atoms with Gasteiger partial charge in [-0.05, 0) is 36.2 Å². The van der Waals surface area contributed by atoms with Gasteiger partial charge >= 0.3 is 0 Å². The lowest BCUT2D eigenvalue weighted by atomic mass is 10.1. The van der Waals surface area contributed by atoms with E-state index in [1.54, 1.807) is 23.5 Å². The lowest BCUT2D eigenvalue weighted by molar-refractivity contribution is -0.122. The molecule has 0 spiro atoms. The number of thiazole rings is 1. The summed E-state index contributed by atoms with van der Waals surface area (Å²) in [6.07, 6.45) is 0.632. The largest absolute Gasteiger partial charge is 0.355 e. The molecule has 2 heterocycles. The minimum atomic E-state index is -3.68. The average molecular weight is 474 g/mol. The van der Waals surface area contributed by atoms with Crippen LogP contribution in [0.15, 0.2) is 53.4 Å². The van der Waals surface area contributed by atoms with Crippen molar-refractivity contribution in [1.82, 2.24) is 20.1 Å². The molecule has 1 aliphatic heterocycles. The summed E-state index contributed by atoms with van der Waals surface area (Å²) in [6, 6.07) is 14.6. The summed E-state index contributed by atoms with van der Waals surface area (Å²) < 4.78 is 23.8. The number of hydrogen-bond donors (Lipinski definition) is 2. The van der Waals surface area contributed by atoms with Crippen molar-refractivity contribution in [2.45, 2.75) is 17.9 Å². The molecule has 0 saturated carbocycles. The van der Waals surface area contributed by atoms with Crippen LogP contribution in [0.2, 0.25) is 0 Å². The smallest absolute Gasteiger partial charge is 0.238 e. The normalized spacial score (nSPS) is 15.8. The number of nitrogens with zero attached hydrogens (tertiary/aromatic N) is 3. The predicted molar refractivity (Wildman–Crippen MR) is 126 cm³/mol. The molecule has 1 amide bonds. The Morgan fingerprint density at radius 1 is 1.03 bits per heavy atom. The SMILES string of the molecule is NS(=O)(=O)c1ccc(CCNC(=O)CN2CCN(Cc3nc4ccccc4s3)CC2)cc1. The minimum Gasteiger partial charge on any atom is -0.355 e. The van der Waals surface area contributed by atoms with Crippen molar-refractivity contribution in [2.75, 3.05) is 39.3 Å². The van der Waals surface area contributed by atoms with Gasteiger partial charge in [0.15, 0.2) is 0 Å². The van der Waals surface area contributed by atoms with E-state index in [9.17, 15) is 13.2 Å². The number of aromatic nitrogens is 1. The van der Waals surface area contributed by atoms with Gasteiger partial charge in [-0.15, -0.1) is 11.3 Å². The van der Waals surface area contributed by atoms with Crippen molar-refractivity contribution < 1.29 is 13.2 Å². The number of carbonyl (C=O) groups is 1. The van der Waals surface area contributed by atoms with E-state index in [4.69, 9.17) is 10.1 Å². The Balaban J connectivity index is 1.16. The number of sulfonamides is 1. The maximum atomic E-state index is 12.3. The van der Waals surface area contributed by atoms with Crippen LogP contribution in [0.3, 0.4) is 0 Å². The number of nitrogens with two attached hydrogens (primary N) is 1. The Bertz CT molecular complexity index is 1140. The first-order valence-electron chi connectivity index (χ1n) is 10.5. The van der Waals surface area contributed by atoms with Gasteiger partial charge in [-0.1, -0.05) is 24.3 Å². The Kier molecular flexibility index (Phi) is 7.17. The molecule has 0 radical (unpaired) electrons. The number of hydrogen-bond acceptors (Lipinski definition) is 7. The summed E-state index contributed by atoms with van der Waals surface area (Å²) in [4.78, 5) is 21.6. The quantitative estimate of drug-likeness (QED) is 0.512. The van der Waals surface area contributed by atoms with Gasteiger partial charge in [0.25, 0.3) is 0 Å². The number of rotatable bonds is 8. The molecular weight excluding hydrogens is 446 g/mol. The lowest BCUT2D eigenvalue weighted by Crippen LogP contribution is -2.49. The van der Waals surface area contributed by atoms with Gasteiger partial charge in [0.1, 0.15) is 5.01 Å². The molecule has 8 nitrogen and oxygen atoms in total. The van der Waals surface area contributed by atoms with Gasteiger partial charge in [-0.25, -0.2) is 18.5 Å². The lowest BCUT2D eigenvalue weighted by Gasteiger charge is -2.33. The number of nitrogens with one attached hydrogen (secondary N) is 1. The van der Waals surface area contributed by atoms with Crippen LogP contribution < -0.4 is 10.5 Å². The van der Waals surface area contributed by atoms with E-state index in [0.29, 0.717) is 19.5 Å². The third kappa shape index (κ3) is 6.11. The van der Waals surface area contributed by atoms with E-state index in [-0.39, 0.29) is 10.8 Å². The first-order valence-corrected chi connectivity index (χ1v) is 12.9. The average Bonchev–Trinajstić information content (AvgIpc) is 3.17. The maximum Gasteiger partial charge on any atom is 0.238 e. The number of amides is 1. The van der Waals surface area contributed by atoms with Crippen molar-refractivity contribution in [2.24, 2.45) is 5.14 Å². The highest BCUT2D eigenvalue weighted by Gasteiger charge is 2.20. The predicted octanol–water partition coefficient (Wildman–Crippen LogP) is 1.42. The van der Waals surface area contributed by atoms with Crippen LogP contribution in [0.4, 0.5) is 0 Å². The number of fused-ring (bicyclic) bond motifs is 1. The van der Waals surface area contributed by atoms with E-state index in [0.717, 1.165) is 48.8 Å². The van der Waals surface area contributed by atoms with Crippen LogP contribution in [0.25, 0.3) is 10.2 Å². The molecular formula is C22H27N5O3S2. The van der Waals surface area contributed by atoms with E-state index in [2.05, 4.69) is 21.2 Å². The number of benzene rings is 2. The van der Waals surface area contributed by atoms with Crippen molar-refractivity contribution in [3.05, 3.63) is 59.1 Å². The molecule has 0 unspecified atom stereocenters. The third-order valence-corrected chi connectivity index (χ3v) is 7.47. The summed E-state index contributed by atoms with van der Waals surface area (Å²) in [5, 5.41) is 9.18. The van der Waals surface area contributed by atoms with Gasteiger partial charge in [0, 0.05) is 32.7 Å². The molecule has 0 bridgehead atoms. The molecule has 1 saturated heterocycles. The zero-order valence-corrected chi connectivity index (χ0v) is 19.4. The van der Waals surface area contributed by atoms with Crippen molar-refractivity contribution in [3.8, 4) is 0 Å². The monoisotopic (exact) mass is 473 g/mol. The van der Waals surface area contributed by atoms with Crippen molar-refractivity contribution in [1.29, 1.82) is 0 Å². The van der Waals surface area contributed by atoms with Gasteiger partial charge in [0.2, 0.25) is 15.9 Å². The Morgan fingerprint density at radius 2 is 1.72 bits per heavy atom. The minimum absolute atomic E-state index is 0.00535. The van der Waals surface area contributed by atoms with E-state index in [1.165, 1.54) is 16.8 Å². The van der Waals surface area contributed by atoms with Gasteiger partial charge < -0.3 is 5.32 Å². The molecule has 3 aromatic rings. The third-order valence-electron chi connectivity index (χ3n) is 5.52. The molecule has 1 aliphatic rings. The summed E-state index contributed by atoms with van der Waals surface area (Å²) in [6.45, 7) is 5.29. The molecule has 4 rings (SSSR count). The van der Waals surface area contributed by atoms with Gasteiger partial charge in [-0.2, -0.15) is 0 Å². The second-order valence-electron chi connectivity index (χ2n) is 7.92. The fraction of sp³-hybridized carbons (Fsp3) is 0.364. The summed E-state index contributed by atoms with van der Waals surface area (Å²) in [7, 11) is -3.68. The molecule has 3 N–H and O–H groups in total. The molecule has 0 atom stereocenters. The van der Waals surface area contributed by atoms with Crippen molar-refractivity contribution >= 4 is 37.5 Å². The van der Waals surface area contributed by atoms with E-state index in [1.807, 2.05) is 18.2 Å². The molecule has 0 aliphatic carbocycles. The van der Waals surface area contributed by atoms with E-state index >= 15 is 0 Å². The molecule has 32 heavy (non-hydrogen) atoms. The second kappa shape index (κ2) is 10.1. The zero-order chi connectivity index (χ0) is 22.6. The highest BCUT2D eigenvalue weighted by atomic mass is 32.2. The Hall–Kier alpha value is -2.37. The number of para-hydroxylation sites is 1. The first kappa shape index (κ1) is 22.8. The highest BCUT2D eigenvalue weighted by Crippen LogP contribution is 2.23. The van der Waals surface area contributed by atoms with Crippen molar-refractivity contribution in [3.63, 3.8) is 0 Å². The van der Waals surface area contributed by atoms with Crippen LogP contribution in [-0.4, -0.2) is 68.4 Å². The van der Waals surface area contributed by atoms with Crippen LogP contribution in [0, 0.1) is 0 Å². The van der Waals surface area contributed by atoms with Crippen LogP contribution >= 0.6 is 11.3 Å². The molecule has 10 heteroatoms. The second-order valence-corrected chi connectivity index (χ2v) is 10.6. The van der Waals surface area contributed by atoms with Gasteiger partial charge in [0.05, 0.1) is 28.2 Å². The Labute approximate surface area is 192 Å². The molecule has 1 aromatic heterocycles. The fourth-order valence-electron chi connectivity index (χ4n) is 3.74. The number of primary sulfonamides is 1. The maximum absolute atomic E-state index is 12.3. The standard InChI is InChI=1S/C22H27N5O3S2/c23-32(29,30)18-7-5-17(6-8-18)9-10-24-21(28)15-26-11-13-27(14-12-26)16-22-25-19-3-1-2-4-20(19)31-22/h1-8H,9-16H2,(H,24,28)(H2,23,29,30). The van der Waals surface area contributed by atoms with Crippen LogP contribution in [-0.2, 0) is 27.8 Å². The zero-order valence-electron chi connectivity index (χ0n) is 17.7. The Morgan fingerprint density at radius 3 is 2.41 bits per heavy atom. The summed E-state index contributed by atoms with van der Waals surface area (Å²) in [5.41, 5.74) is 2.00. The first-order chi connectivity index (χ1) is 15.4. The number of piperazine rings is 1. The molecule has 1 fully saturated rings. The van der Waals surface area contributed by atoms with Crippen LogP contribution in [0.1, 0.15) is 10.6 Å². The van der Waals surface area contributed by atoms with Crippen LogP contribution in [0.5, 0.6) is 0 Å². The molecule has 170 valence electrons. The highest BCUT2D eigenvalue weighted by molar-refractivity contribution is 7.89. The summed E-state index contributed by atoms with van der Waals surface area (Å²) in [5.74, 6) is 0.00535. The fourth-order valence-corrected chi connectivity index (χ4v) is 5.26. The summed E-state index contributed by atoms with van der Waals surface area (Å²) >= 11 is 1.74. The molecule has 2 aromatic carbocycles. The van der Waals surface area contributed by atoms with Gasteiger partial charge in [-0.3, -0.25) is 14.6 Å². The van der Waals surface area contributed by atoms with E-state index < -0.39 is 10.0 Å². The number of carbonyl (C=O) groups excluding carboxylic acids is 1.